The molecule has 7 nitrogen and oxygen atoms in total. The van der Waals surface area contributed by atoms with Gasteiger partial charge in [0.05, 0.1) is 18.3 Å². The van der Waals surface area contributed by atoms with E-state index in [-0.39, 0.29) is 11.1 Å². The van der Waals surface area contributed by atoms with Gasteiger partial charge in [-0.3, -0.25) is 19.8 Å². The van der Waals surface area contributed by atoms with Crippen LogP contribution in [0.3, 0.4) is 0 Å². The van der Waals surface area contributed by atoms with Crippen molar-refractivity contribution in [2.45, 2.75) is 26.4 Å². The van der Waals surface area contributed by atoms with E-state index in [0.29, 0.717) is 29.1 Å². The number of rotatable bonds is 6. The SMILES string of the molecule is Cc1[nH][nH]c(=O)c1C(c1cc(I)c(OCc2ccc(Br)cc2)c(I)c1)c1c(C)[nH][nH]c1=O. The minimum Gasteiger partial charge on any atom is -0.487 e. The van der Waals surface area contributed by atoms with E-state index in [2.05, 4.69) is 81.5 Å². The van der Waals surface area contributed by atoms with Gasteiger partial charge in [-0.05, 0) is 94.4 Å². The number of halogens is 3. The first-order valence-corrected chi connectivity index (χ1v) is 12.6. The van der Waals surface area contributed by atoms with E-state index >= 15 is 0 Å². The van der Waals surface area contributed by atoms with Gasteiger partial charge in [0.2, 0.25) is 0 Å². The molecule has 0 atom stereocenters. The molecule has 0 saturated heterocycles. The zero-order valence-electron chi connectivity index (χ0n) is 17.1. The molecule has 166 valence electrons. The van der Waals surface area contributed by atoms with Crippen molar-refractivity contribution in [2.75, 3.05) is 0 Å². The van der Waals surface area contributed by atoms with Gasteiger partial charge in [-0.25, -0.2) is 0 Å². The lowest BCUT2D eigenvalue weighted by Gasteiger charge is -2.19. The lowest BCUT2D eigenvalue weighted by Crippen LogP contribution is -2.20. The summed E-state index contributed by atoms with van der Waals surface area (Å²) in [6.45, 7) is 4.08. The number of benzene rings is 2. The highest BCUT2D eigenvalue weighted by Crippen LogP contribution is 2.37. The van der Waals surface area contributed by atoms with Gasteiger partial charge >= 0.3 is 0 Å². The van der Waals surface area contributed by atoms with Crippen LogP contribution in [0.4, 0.5) is 0 Å². The van der Waals surface area contributed by atoms with Crippen LogP contribution < -0.4 is 15.9 Å². The Morgan fingerprint density at radius 3 is 1.81 bits per heavy atom. The van der Waals surface area contributed by atoms with E-state index in [4.69, 9.17) is 4.74 Å². The maximum absolute atomic E-state index is 12.7. The average molecular weight is 721 g/mol. The van der Waals surface area contributed by atoms with Crippen molar-refractivity contribution in [3.05, 3.63) is 102 Å². The van der Waals surface area contributed by atoms with E-state index in [9.17, 15) is 9.59 Å². The van der Waals surface area contributed by atoms with E-state index in [1.807, 2.05) is 50.2 Å². The molecule has 32 heavy (non-hydrogen) atoms. The maximum Gasteiger partial charge on any atom is 0.268 e. The second-order valence-electron chi connectivity index (χ2n) is 7.40. The van der Waals surface area contributed by atoms with Crippen molar-refractivity contribution in [1.82, 2.24) is 20.4 Å². The molecule has 2 aromatic heterocycles. The Morgan fingerprint density at radius 2 is 1.38 bits per heavy atom. The van der Waals surface area contributed by atoms with E-state index in [1.54, 1.807) is 0 Å². The summed E-state index contributed by atoms with van der Waals surface area (Å²) in [7, 11) is 0. The van der Waals surface area contributed by atoms with Crippen molar-refractivity contribution in [3.63, 3.8) is 0 Å². The molecular weight excluding hydrogens is 702 g/mol. The van der Waals surface area contributed by atoms with Crippen LogP contribution in [-0.4, -0.2) is 20.4 Å². The summed E-state index contributed by atoms with van der Waals surface area (Å²) in [5, 5.41) is 11.0. The van der Waals surface area contributed by atoms with Crippen molar-refractivity contribution < 1.29 is 4.74 Å². The molecule has 0 aliphatic carbocycles. The monoisotopic (exact) mass is 720 g/mol. The second-order valence-corrected chi connectivity index (χ2v) is 10.6. The molecule has 0 spiro atoms. The summed E-state index contributed by atoms with van der Waals surface area (Å²) in [4.78, 5) is 25.3. The molecule has 0 amide bonds. The van der Waals surface area contributed by atoms with Crippen LogP contribution in [0.15, 0.2) is 50.5 Å². The van der Waals surface area contributed by atoms with E-state index < -0.39 is 5.92 Å². The van der Waals surface area contributed by atoms with E-state index in [1.165, 1.54) is 0 Å². The second kappa shape index (κ2) is 9.59. The molecule has 0 fully saturated rings. The third-order valence-electron chi connectivity index (χ3n) is 5.25. The van der Waals surface area contributed by atoms with Crippen LogP contribution in [0.2, 0.25) is 0 Å². The van der Waals surface area contributed by atoms with Crippen molar-refractivity contribution in [3.8, 4) is 5.75 Å². The van der Waals surface area contributed by atoms with Crippen LogP contribution in [0.5, 0.6) is 5.75 Å². The Balaban J connectivity index is 1.77. The molecule has 0 unspecified atom stereocenters. The van der Waals surface area contributed by atoms with Gasteiger partial charge in [-0.2, -0.15) is 0 Å². The van der Waals surface area contributed by atoms with Crippen molar-refractivity contribution >= 4 is 61.1 Å². The number of aromatic nitrogens is 4. The lowest BCUT2D eigenvalue weighted by atomic mass is 9.85. The van der Waals surface area contributed by atoms with Gasteiger partial charge in [0.15, 0.2) is 0 Å². The third kappa shape index (κ3) is 4.62. The number of H-pyrrole nitrogens is 4. The Labute approximate surface area is 219 Å². The van der Waals surface area contributed by atoms with Crippen LogP contribution in [0, 0.1) is 21.0 Å². The predicted molar refractivity (Wildman–Crippen MR) is 144 cm³/mol. The van der Waals surface area contributed by atoms with Gasteiger partial charge in [0, 0.05) is 21.8 Å². The quantitative estimate of drug-likeness (QED) is 0.209. The number of ether oxygens (including phenoxy) is 1. The fourth-order valence-electron chi connectivity index (χ4n) is 3.70. The minimum absolute atomic E-state index is 0.243. The topological polar surface area (TPSA) is 107 Å². The summed E-state index contributed by atoms with van der Waals surface area (Å²) < 4.78 is 8.95. The number of aromatic amines is 4. The zero-order valence-corrected chi connectivity index (χ0v) is 23.0. The first-order chi connectivity index (χ1) is 15.3. The fraction of sp³-hybridized carbons (Fsp3) is 0.182. The molecule has 4 N–H and O–H groups in total. The number of hydrogen-bond donors (Lipinski definition) is 4. The molecule has 0 saturated carbocycles. The first kappa shape index (κ1) is 23.4. The number of hydrogen-bond acceptors (Lipinski definition) is 3. The molecule has 2 aromatic carbocycles. The Kier molecular flexibility index (Phi) is 7.00. The smallest absolute Gasteiger partial charge is 0.268 e. The lowest BCUT2D eigenvalue weighted by molar-refractivity contribution is 0.301. The molecule has 4 rings (SSSR count). The molecule has 2 heterocycles. The highest BCUT2D eigenvalue weighted by Gasteiger charge is 2.29. The standard InChI is InChI=1S/C22H19BrI2N4O3/c1-10-17(21(30)28-26-10)19(18-11(2)27-29-22(18)31)13-7-15(24)20(16(25)8-13)32-9-12-3-5-14(23)6-4-12/h3-8,19H,9H2,1-2H3,(H2,26,28,30)(H2,27,29,31). The van der Waals surface area contributed by atoms with E-state index in [0.717, 1.165) is 28.5 Å². The van der Waals surface area contributed by atoms with Crippen molar-refractivity contribution in [2.24, 2.45) is 0 Å². The normalized spacial score (nSPS) is 11.3. The molecule has 0 aliphatic rings. The van der Waals surface area contributed by atoms with Gasteiger partial charge in [-0.1, -0.05) is 28.1 Å². The summed E-state index contributed by atoms with van der Waals surface area (Å²) in [6, 6.07) is 11.9. The van der Waals surface area contributed by atoms with Gasteiger partial charge in [0.1, 0.15) is 12.4 Å². The van der Waals surface area contributed by atoms with Crippen LogP contribution in [-0.2, 0) is 6.61 Å². The third-order valence-corrected chi connectivity index (χ3v) is 7.38. The summed E-state index contributed by atoms with van der Waals surface area (Å²) in [5.74, 6) is 0.249. The summed E-state index contributed by atoms with van der Waals surface area (Å²) >= 11 is 7.92. The fourth-order valence-corrected chi connectivity index (χ4v) is 6.10. The molecule has 4 aromatic rings. The molecule has 0 bridgehead atoms. The zero-order chi connectivity index (χ0) is 23.0. The van der Waals surface area contributed by atoms with Crippen LogP contribution >= 0.6 is 61.1 Å². The van der Waals surface area contributed by atoms with Gasteiger partial charge in [0.25, 0.3) is 11.1 Å². The molecule has 0 radical (unpaired) electrons. The van der Waals surface area contributed by atoms with Crippen molar-refractivity contribution in [1.29, 1.82) is 0 Å². The molecule has 10 heteroatoms. The van der Waals surface area contributed by atoms with Crippen LogP contribution in [0.25, 0.3) is 0 Å². The average Bonchev–Trinajstić information content (AvgIpc) is 3.25. The number of nitrogens with one attached hydrogen (secondary N) is 4. The predicted octanol–water partition coefficient (Wildman–Crippen LogP) is 5.07. The summed E-state index contributed by atoms with van der Waals surface area (Å²) in [5.41, 5.74) is 3.85. The maximum atomic E-state index is 12.7. The van der Waals surface area contributed by atoms with Gasteiger partial charge in [-0.15, -0.1) is 0 Å². The van der Waals surface area contributed by atoms with Gasteiger partial charge < -0.3 is 14.9 Å². The summed E-state index contributed by atoms with van der Waals surface area (Å²) in [6.07, 6.45) is 0. The first-order valence-electron chi connectivity index (χ1n) is 9.66. The highest BCUT2D eigenvalue weighted by atomic mass is 127. The van der Waals surface area contributed by atoms with Crippen LogP contribution in [0.1, 0.15) is 39.6 Å². The Morgan fingerprint density at radius 1 is 0.875 bits per heavy atom. The Hall–Kier alpha value is -1.80. The number of aryl methyl sites for hydroxylation is 2. The Bertz CT molecular complexity index is 1310. The largest absolute Gasteiger partial charge is 0.487 e. The highest BCUT2D eigenvalue weighted by molar-refractivity contribution is 14.1. The molecular formula is C22H19BrI2N4O3. The minimum atomic E-state index is -0.525. The molecule has 0 aliphatic heterocycles.